The second-order valence-electron chi connectivity index (χ2n) is 5.61. The van der Waals surface area contributed by atoms with Crippen molar-refractivity contribution < 1.29 is 9.47 Å². The van der Waals surface area contributed by atoms with Gasteiger partial charge in [0.05, 0.1) is 12.8 Å². The zero-order chi connectivity index (χ0) is 19.8. The number of hydrogen-bond acceptors (Lipinski definition) is 7. The number of nitrogens with one attached hydrogen (secondary N) is 2. The van der Waals surface area contributed by atoms with Gasteiger partial charge >= 0.3 is 0 Å². The predicted octanol–water partition coefficient (Wildman–Crippen LogP) is 3.35. The minimum atomic E-state index is -0.362. The van der Waals surface area contributed by atoms with Crippen molar-refractivity contribution in [2.24, 2.45) is 5.10 Å². The number of halogens is 1. The van der Waals surface area contributed by atoms with Gasteiger partial charge in [-0.3, -0.25) is 9.78 Å². The van der Waals surface area contributed by atoms with Crippen LogP contribution in [0.5, 0.6) is 11.5 Å². The zero-order valence-electron chi connectivity index (χ0n) is 15.1. The van der Waals surface area contributed by atoms with E-state index in [1.165, 1.54) is 0 Å². The molecule has 1 heterocycles. The van der Waals surface area contributed by atoms with Crippen LogP contribution >= 0.6 is 15.9 Å². The summed E-state index contributed by atoms with van der Waals surface area (Å²) in [5.41, 5.74) is 4.10. The molecule has 144 valence electrons. The first-order valence-corrected chi connectivity index (χ1v) is 9.28. The van der Waals surface area contributed by atoms with Gasteiger partial charge in [0.2, 0.25) is 5.95 Å². The van der Waals surface area contributed by atoms with Crippen LogP contribution in [0.1, 0.15) is 18.1 Å². The van der Waals surface area contributed by atoms with Crippen LogP contribution in [-0.4, -0.2) is 28.0 Å². The first-order chi connectivity index (χ1) is 13.6. The van der Waals surface area contributed by atoms with E-state index in [0.717, 1.165) is 21.8 Å². The quantitative estimate of drug-likeness (QED) is 0.408. The summed E-state index contributed by atoms with van der Waals surface area (Å²) in [6.07, 6.45) is 2.66. The number of rotatable bonds is 8. The minimum Gasteiger partial charge on any atom is -0.490 e. The predicted molar refractivity (Wildman–Crippen MR) is 110 cm³/mol. The summed E-state index contributed by atoms with van der Waals surface area (Å²) >= 11 is 3.42. The molecule has 2 aromatic carbocycles. The normalized spacial score (nSPS) is 10.8. The van der Waals surface area contributed by atoms with Crippen LogP contribution in [0.15, 0.2) is 63.0 Å². The topological polar surface area (TPSA) is 101 Å². The van der Waals surface area contributed by atoms with Crippen LogP contribution in [0, 0.1) is 0 Å². The Morgan fingerprint density at radius 3 is 2.75 bits per heavy atom. The molecule has 28 heavy (non-hydrogen) atoms. The average molecular weight is 444 g/mol. The van der Waals surface area contributed by atoms with Crippen LogP contribution in [0.2, 0.25) is 0 Å². The molecule has 0 fully saturated rings. The second-order valence-corrected chi connectivity index (χ2v) is 6.52. The number of aromatic nitrogens is 3. The third kappa shape index (κ3) is 5.65. The Hall–Kier alpha value is -3.20. The highest BCUT2D eigenvalue weighted by Gasteiger charge is 2.07. The molecule has 0 aliphatic heterocycles. The van der Waals surface area contributed by atoms with Gasteiger partial charge in [-0.15, -0.1) is 10.2 Å². The molecule has 1 aromatic heterocycles. The fourth-order valence-corrected chi connectivity index (χ4v) is 2.53. The highest BCUT2D eigenvalue weighted by molar-refractivity contribution is 9.10. The minimum absolute atomic E-state index is 0.156. The van der Waals surface area contributed by atoms with Crippen molar-refractivity contribution in [3.8, 4) is 11.5 Å². The van der Waals surface area contributed by atoms with E-state index >= 15 is 0 Å². The zero-order valence-corrected chi connectivity index (χ0v) is 16.6. The van der Waals surface area contributed by atoms with Gasteiger partial charge in [-0.05, 0) is 48.4 Å². The first-order valence-electron chi connectivity index (χ1n) is 8.49. The molecule has 9 heteroatoms. The lowest BCUT2D eigenvalue weighted by atomic mass is 10.2. The van der Waals surface area contributed by atoms with Gasteiger partial charge < -0.3 is 9.47 Å². The van der Waals surface area contributed by atoms with E-state index in [0.29, 0.717) is 24.7 Å². The maximum Gasteiger partial charge on any atom is 0.271 e. The maximum absolute atomic E-state index is 11.2. The molecule has 8 nitrogen and oxygen atoms in total. The molecule has 0 bridgehead atoms. The van der Waals surface area contributed by atoms with E-state index in [1.807, 2.05) is 49.4 Å². The largest absolute Gasteiger partial charge is 0.490 e. The molecular formula is C19H18BrN5O3. The molecule has 3 aromatic rings. The van der Waals surface area contributed by atoms with Gasteiger partial charge in [0.25, 0.3) is 5.56 Å². The first kappa shape index (κ1) is 19.6. The number of H-pyrrole nitrogens is 1. The molecule has 0 amide bonds. The Balaban J connectivity index is 1.68. The Morgan fingerprint density at radius 2 is 2.00 bits per heavy atom. The summed E-state index contributed by atoms with van der Waals surface area (Å²) in [7, 11) is 0. The molecule has 0 aliphatic rings. The highest BCUT2D eigenvalue weighted by Crippen LogP contribution is 2.29. The number of benzene rings is 2. The molecule has 0 spiro atoms. The molecule has 0 radical (unpaired) electrons. The summed E-state index contributed by atoms with van der Waals surface area (Å²) in [6.45, 7) is 2.85. The summed E-state index contributed by atoms with van der Waals surface area (Å²) in [5.74, 6) is 1.42. The van der Waals surface area contributed by atoms with Crippen LogP contribution in [0.4, 0.5) is 5.95 Å². The molecule has 2 N–H and O–H groups in total. The van der Waals surface area contributed by atoms with Crippen molar-refractivity contribution in [3.63, 3.8) is 0 Å². The van der Waals surface area contributed by atoms with Crippen molar-refractivity contribution >= 4 is 28.1 Å². The van der Waals surface area contributed by atoms with Gasteiger partial charge in [-0.1, -0.05) is 28.1 Å². The van der Waals surface area contributed by atoms with Crippen molar-refractivity contribution in [2.45, 2.75) is 13.5 Å². The Bertz CT molecular complexity index is 1000. The third-order valence-electron chi connectivity index (χ3n) is 3.53. The number of ether oxygens (including phenoxy) is 2. The van der Waals surface area contributed by atoms with Crippen molar-refractivity contribution in [1.82, 2.24) is 15.2 Å². The second kappa shape index (κ2) is 9.65. The number of hydrazone groups is 1. The SMILES string of the molecule is CCOc1cc(/C=N/Nc2nncc(=O)[nH]2)ccc1OCc1ccc(Br)cc1. The number of hydrogen-bond donors (Lipinski definition) is 2. The fourth-order valence-electron chi connectivity index (χ4n) is 2.27. The summed E-state index contributed by atoms with van der Waals surface area (Å²) < 4.78 is 12.6. The van der Waals surface area contributed by atoms with E-state index < -0.39 is 0 Å². The third-order valence-corrected chi connectivity index (χ3v) is 4.06. The van der Waals surface area contributed by atoms with Gasteiger partial charge in [0.15, 0.2) is 11.5 Å². The lowest BCUT2D eigenvalue weighted by molar-refractivity contribution is 0.269. The van der Waals surface area contributed by atoms with Crippen molar-refractivity contribution in [2.75, 3.05) is 12.0 Å². The Kier molecular flexibility index (Phi) is 6.74. The molecular weight excluding hydrogens is 426 g/mol. The van der Waals surface area contributed by atoms with Crippen LogP contribution in [0.25, 0.3) is 0 Å². The van der Waals surface area contributed by atoms with Gasteiger partial charge in [-0.2, -0.15) is 5.10 Å². The average Bonchev–Trinajstić information content (AvgIpc) is 2.69. The van der Waals surface area contributed by atoms with E-state index in [-0.39, 0.29) is 11.5 Å². The molecule has 0 saturated carbocycles. The van der Waals surface area contributed by atoms with Gasteiger partial charge in [0, 0.05) is 4.47 Å². The van der Waals surface area contributed by atoms with E-state index in [9.17, 15) is 4.79 Å². The van der Waals surface area contributed by atoms with Gasteiger partial charge in [-0.25, -0.2) is 5.43 Å². The molecule has 0 aliphatic carbocycles. The number of nitrogens with zero attached hydrogens (tertiary/aromatic N) is 3. The molecule has 0 atom stereocenters. The fraction of sp³-hybridized carbons (Fsp3) is 0.158. The standard InChI is InChI=1S/C19H18BrN5O3/c1-2-27-17-9-14(10-21-24-19-23-18(26)11-22-25-19)5-8-16(17)28-12-13-3-6-15(20)7-4-13/h3-11H,2,12H2,1H3,(H2,23,24,25,26)/b21-10+. The lowest BCUT2D eigenvalue weighted by Gasteiger charge is -2.12. The Labute approximate surface area is 169 Å². The Morgan fingerprint density at radius 1 is 1.18 bits per heavy atom. The van der Waals surface area contributed by atoms with E-state index in [2.05, 4.69) is 41.6 Å². The lowest BCUT2D eigenvalue weighted by Crippen LogP contribution is -2.10. The number of anilines is 1. The maximum atomic E-state index is 11.2. The van der Waals surface area contributed by atoms with Crippen LogP contribution < -0.4 is 20.5 Å². The number of aromatic amines is 1. The highest BCUT2D eigenvalue weighted by atomic mass is 79.9. The van der Waals surface area contributed by atoms with Crippen molar-refractivity contribution in [3.05, 3.63) is 74.6 Å². The van der Waals surface area contributed by atoms with Crippen LogP contribution in [0.3, 0.4) is 0 Å². The molecule has 3 rings (SSSR count). The van der Waals surface area contributed by atoms with Crippen LogP contribution in [-0.2, 0) is 6.61 Å². The molecule has 0 unspecified atom stereocenters. The summed E-state index contributed by atoms with van der Waals surface area (Å²) in [5, 5.41) is 11.3. The molecule has 0 saturated heterocycles. The van der Waals surface area contributed by atoms with Crippen molar-refractivity contribution in [1.29, 1.82) is 0 Å². The summed E-state index contributed by atoms with van der Waals surface area (Å²) in [4.78, 5) is 13.6. The van der Waals surface area contributed by atoms with E-state index in [1.54, 1.807) is 6.21 Å². The monoisotopic (exact) mass is 443 g/mol. The van der Waals surface area contributed by atoms with E-state index in [4.69, 9.17) is 9.47 Å². The van der Waals surface area contributed by atoms with Gasteiger partial charge in [0.1, 0.15) is 12.8 Å². The summed E-state index contributed by atoms with van der Waals surface area (Å²) in [6, 6.07) is 13.4. The smallest absolute Gasteiger partial charge is 0.271 e.